The Morgan fingerprint density at radius 1 is 0.973 bits per heavy atom. The van der Waals surface area contributed by atoms with Gasteiger partial charge in [-0.3, -0.25) is 14.3 Å². The van der Waals surface area contributed by atoms with E-state index in [0.717, 1.165) is 0 Å². The third-order valence-corrected chi connectivity index (χ3v) is 4.85. The van der Waals surface area contributed by atoms with E-state index in [1.807, 2.05) is 0 Å². The number of esters is 3. The van der Waals surface area contributed by atoms with Gasteiger partial charge in [0.2, 0.25) is 0 Å². The van der Waals surface area contributed by atoms with E-state index in [1.54, 1.807) is 4.98 Å². The Balaban J connectivity index is 2.71. The zero-order valence-electron chi connectivity index (χ0n) is 17.4. The first kappa shape index (κ1) is 29.2. The van der Waals surface area contributed by atoms with Crippen LogP contribution in [0.25, 0.3) is 0 Å². The molecule has 1 aromatic heterocycles. The van der Waals surface area contributed by atoms with Gasteiger partial charge >= 0.3 is 42.1 Å². The minimum absolute atomic E-state index is 0.0999. The zero-order chi connectivity index (χ0) is 28.6. The summed E-state index contributed by atoms with van der Waals surface area (Å²) in [6, 6.07) is 1.72. The van der Waals surface area contributed by atoms with Crippen LogP contribution in [0.2, 0.25) is 0 Å². The second kappa shape index (κ2) is 9.78. The number of nitriles is 1. The second-order valence-electron chi connectivity index (χ2n) is 7.27. The van der Waals surface area contributed by atoms with Crippen LogP contribution < -0.4 is 11.2 Å². The molecule has 1 aliphatic rings. The monoisotopic (exact) mass is 555 g/mol. The predicted octanol–water partition coefficient (Wildman–Crippen LogP) is 0.829. The van der Waals surface area contributed by atoms with Crippen LogP contribution in [0.15, 0.2) is 21.9 Å². The highest BCUT2D eigenvalue weighted by Gasteiger charge is 2.63. The van der Waals surface area contributed by atoms with Gasteiger partial charge in [0.15, 0.2) is 11.6 Å². The standard InChI is InChI=1S/C17H10F9N3O8/c18-15(19,20)10(31)35-4-6-3-14(5-27,29-2-1-7(30)28-13(29)34)9(37-12(33)17(24,25)26)8(6)36-11(32)16(21,22)23/h1-2,6,8-9H,3-4H2,(H,28,30,34)/t6-,8?,9?,14+/m1/s1. The van der Waals surface area contributed by atoms with Gasteiger partial charge in [0.1, 0.15) is 6.10 Å². The van der Waals surface area contributed by atoms with Crippen molar-refractivity contribution in [1.29, 1.82) is 5.26 Å². The van der Waals surface area contributed by atoms with E-state index in [9.17, 15) is 68.7 Å². The quantitative estimate of drug-likeness (QED) is 0.316. The Hall–Kier alpha value is -4.05. The lowest BCUT2D eigenvalue weighted by atomic mass is 9.95. The van der Waals surface area contributed by atoms with Crippen molar-refractivity contribution in [2.45, 2.75) is 42.7 Å². The highest BCUT2D eigenvalue weighted by atomic mass is 19.4. The molecule has 0 bridgehead atoms. The van der Waals surface area contributed by atoms with Crippen molar-refractivity contribution < 1.29 is 68.1 Å². The number of alkyl halides is 9. The summed E-state index contributed by atoms with van der Waals surface area (Å²) in [4.78, 5) is 59.2. The van der Waals surface area contributed by atoms with Crippen molar-refractivity contribution in [2.75, 3.05) is 6.61 Å². The smallest absolute Gasteiger partial charge is 0.459 e. The van der Waals surface area contributed by atoms with Crippen LogP contribution in [0.5, 0.6) is 0 Å². The molecule has 4 atom stereocenters. The molecule has 1 N–H and O–H groups in total. The molecular weight excluding hydrogens is 545 g/mol. The van der Waals surface area contributed by atoms with E-state index in [1.165, 1.54) is 6.07 Å². The molecule has 0 saturated heterocycles. The average Bonchev–Trinajstić information content (AvgIpc) is 3.03. The van der Waals surface area contributed by atoms with Gasteiger partial charge in [-0.2, -0.15) is 44.8 Å². The molecular formula is C17H10F9N3O8. The maximum Gasteiger partial charge on any atom is 0.490 e. The van der Waals surface area contributed by atoms with E-state index in [0.29, 0.717) is 12.3 Å². The Morgan fingerprint density at radius 3 is 1.95 bits per heavy atom. The largest absolute Gasteiger partial charge is 0.490 e. The van der Waals surface area contributed by atoms with Crippen LogP contribution >= 0.6 is 0 Å². The lowest BCUT2D eigenvalue weighted by Crippen LogP contribution is -2.53. The number of H-pyrrole nitrogens is 1. The number of ether oxygens (including phenoxy) is 3. The number of hydrogen-bond donors (Lipinski definition) is 1. The number of nitrogens with one attached hydrogen (secondary N) is 1. The van der Waals surface area contributed by atoms with Gasteiger partial charge in [-0.05, 0) is 6.42 Å². The number of hydrogen-bond acceptors (Lipinski definition) is 9. The molecule has 20 heteroatoms. The third kappa shape index (κ3) is 6.21. The molecule has 37 heavy (non-hydrogen) atoms. The average molecular weight is 555 g/mol. The van der Waals surface area contributed by atoms with Crippen LogP contribution in [-0.4, -0.2) is 64.8 Å². The van der Waals surface area contributed by atoms with Gasteiger partial charge in [0.25, 0.3) is 5.56 Å². The molecule has 204 valence electrons. The lowest BCUT2D eigenvalue weighted by Gasteiger charge is -2.32. The van der Waals surface area contributed by atoms with Gasteiger partial charge in [-0.15, -0.1) is 0 Å². The van der Waals surface area contributed by atoms with E-state index in [2.05, 4.69) is 14.2 Å². The summed E-state index contributed by atoms with van der Waals surface area (Å²) in [5, 5.41) is 9.76. The fraction of sp³-hybridized carbons (Fsp3) is 0.529. The SMILES string of the molecule is N#C[C@@]1(n2ccc(=O)[nH]c2=O)C[C@H](COC(=O)C(F)(F)F)C(OC(=O)C(F)(F)F)C1OC(=O)C(F)(F)F. The molecule has 0 radical (unpaired) electrons. The van der Waals surface area contributed by atoms with Crippen molar-refractivity contribution in [2.24, 2.45) is 5.92 Å². The Morgan fingerprint density at radius 2 is 1.49 bits per heavy atom. The minimum Gasteiger partial charge on any atom is -0.459 e. The van der Waals surface area contributed by atoms with Crippen LogP contribution in [0.3, 0.4) is 0 Å². The first-order chi connectivity index (χ1) is 16.7. The lowest BCUT2D eigenvalue weighted by molar-refractivity contribution is -0.225. The summed E-state index contributed by atoms with van der Waals surface area (Å²) >= 11 is 0. The molecule has 0 amide bonds. The maximum absolute atomic E-state index is 12.9. The molecule has 11 nitrogen and oxygen atoms in total. The summed E-state index contributed by atoms with van der Waals surface area (Å²) in [5.74, 6) is -11.4. The molecule has 0 aromatic carbocycles. The fourth-order valence-corrected chi connectivity index (χ4v) is 3.39. The van der Waals surface area contributed by atoms with Crippen LogP contribution in [0.4, 0.5) is 39.5 Å². The predicted molar refractivity (Wildman–Crippen MR) is 91.9 cm³/mol. The number of rotatable bonds is 5. The van der Waals surface area contributed by atoms with Gasteiger partial charge in [0, 0.05) is 18.2 Å². The number of carbonyl (C=O) groups is 3. The van der Waals surface area contributed by atoms with Gasteiger partial charge in [0.05, 0.1) is 12.7 Å². The van der Waals surface area contributed by atoms with E-state index >= 15 is 0 Å². The number of nitrogens with zero attached hydrogens (tertiary/aromatic N) is 2. The number of carbonyl (C=O) groups excluding carboxylic acids is 3. The topological polar surface area (TPSA) is 158 Å². The van der Waals surface area contributed by atoms with Crippen LogP contribution in [-0.2, 0) is 34.1 Å². The van der Waals surface area contributed by atoms with Crippen LogP contribution in [0, 0.1) is 17.2 Å². The van der Waals surface area contributed by atoms with Crippen molar-refractivity contribution in [1.82, 2.24) is 9.55 Å². The van der Waals surface area contributed by atoms with Gasteiger partial charge < -0.3 is 14.2 Å². The summed E-state index contributed by atoms with van der Waals surface area (Å²) in [5.41, 5.74) is -5.74. The molecule has 0 spiro atoms. The first-order valence-electron chi connectivity index (χ1n) is 9.27. The zero-order valence-corrected chi connectivity index (χ0v) is 17.4. The molecule has 1 fully saturated rings. The van der Waals surface area contributed by atoms with Crippen LogP contribution in [0.1, 0.15) is 6.42 Å². The van der Waals surface area contributed by atoms with Crippen molar-refractivity contribution >= 4 is 17.9 Å². The minimum atomic E-state index is -5.86. The molecule has 1 aromatic rings. The van der Waals surface area contributed by atoms with Crippen molar-refractivity contribution in [3.63, 3.8) is 0 Å². The number of aromatic amines is 1. The molecule has 1 saturated carbocycles. The summed E-state index contributed by atoms with van der Waals surface area (Å²) in [6.45, 7) is -1.63. The van der Waals surface area contributed by atoms with Gasteiger partial charge in [-0.25, -0.2) is 19.2 Å². The molecule has 0 aliphatic heterocycles. The van der Waals surface area contributed by atoms with Crippen molar-refractivity contribution in [3.05, 3.63) is 33.1 Å². The van der Waals surface area contributed by atoms with E-state index < -0.39 is 84.4 Å². The molecule has 2 unspecified atom stereocenters. The summed E-state index contributed by atoms with van der Waals surface area (Å²) in [6.07, 6.45) is -24.0. The first-order valence-corrected chi connectivity index (χ1v) is 9.27. The Bertz CT molecular complexity index is 1230. The molecule has 1 heterocycles. The van der Waals surface area contributed by atoms with Gasteiger partial charge in [-0.1, -0.05) is 0 Å². The second-order valence-corrected chi connectivity index (χ2v) is 7.27. The third-order valence-electron chi connectivity index (χ3n) is 4.85. The Kier molecular flexibility index (Phi) is 7.71. The normalized spacial score (nSPS) is 24.2. The maximum atomic E-state index is 12.9. The molecule has 2 rings (SSSR count). The van der Waals surface area contributed by atoms with Crippen molar-refractivity contribution in [3.8, 4) is 6.07 Å². The highest BCUT2D eigenvalue weighted by molar-refractivity contribution is 5.77. The summed E-state index contributed by atoms with van der Waals surface area (Å²) < 4.78 is 127. The number of aromatic nitrogens is 2. The van der Waals surface area contributed by atoms with E-state index in [-0.39, 0.29) is 4.57 Å². The number of halogens is 9. The fourth-order valence-electron chi connectivity index (χ4n) is 3.39. The summed E-state index contributed by atoms with van der Waals surface area (Å²) in [7, 11) is 0. The Labute approximate surface area is 196 Å². The highest BCUT2D eigenvalue weighted by Crippen LogP contribution is 2.45. The molecule has 1 aliphatic carbocycles. The van der Waals surface area contributed by atoms with E-state index in [4.69, 9.17) is 0 Å².